The molecule has 1 aromatic carbocycles. The summed E-state index contributed by atoms with van der Waals surface area (Å²) < 4.78 is 25.5. The van der Waals surface area contributed by atoms with Crippen molar-refractivity contribution < 1.29 is 23.2 Å². The fraction of sp³-hybridized carbons (Fsp3) is 0.571. The van der Waals surface area contributed by atoms with Crippen molar-refractivity contribution in [3.8, 4) is 0 Å². The topological polar surface area (TPSA) is 85.3 Å². The van der Waals surface area contributed by atoms with E-state index in [2.05, 4.69) is 4.99 Å². The molecule has 8 heteroatoms. The number of amidine groups is 1. The van der Waals surface area contributed by atoms with E-state index >= 15 is 0 Å². The van der Waals surface area contributed by atoms with Gasteiger partial charge >= 0.3 is 7.60 Å². The molecule has 0 aromatic heterocycles. The smallest absolute Gasteiger partial charge is 0.349 e. The Bertz CT molecular complexity index is 744. The standard InChI is InChI=1S/C21H33N2O5P/c1-8-23(9-2)21(22-17(7)24)20(19(25)18-13-11-10-12-14-18)29(26,27-15(3)4)28-16(5)6/h10-16,20H,8-9H2,1-7H3. The van der Waals surface area contributed by atoms with Crippen molar-refractivity contribution in [1.29, 1.82) is 0 Å². The van der Waals surface area contributed by atoms with Crippen LogP contribution in [0.1, 0.15) is 58.8 Å². The van der Waals surface area contributed by atoms with Crippen LogP contribution in [0.4, 0.5) is 0 Å². The number of Topliss-reactive ketones (excluding diaryl/α,β-unsaturated/α-hetero) is 1. The Balaban J connectivity index is 3.76. The lowest BCUT2D eigenvalue weighted by Gasteiger charge is -2.34. The molecule has 1 atom stereocenters. The number of hydrogen-bond acceptors (Lipinski definition) is 5. The molecule has 29 heavy (non-hydrogen) atoms. The van der Waals surface area contributed by atoms with Gasteiger partial charge in [-0.1, -0.05) is 30.3 Å². The highest BCUT2D eigenvalue weighted by molar-refractivity contribution is 7.57. The molecule has 0 heterocycles. The van der Waals surface area contributed by atoms with Gasteiger partial charge in [0.25, 0.3) is 0 Å². The van der Waals surface area contributed by atoms with E-state index < -0.39 is 37.2 Å². The first kappa shape index (κ1) is 25.2. The van der Waals surface area contributed by atoms with Crippen LogP contribution in [-0.2, 0) is 18.4 Å². The zero-order valence-corrected chi connectivity index (χ0v) is 19.3. The minimum absolute atomic E-state index is 0.112. The van der Waals surface area contributed by atoms with Crippen LogP contribution in [0.3, 0.4) is 0 Å². The van der Waals surface area contributed by atoms with Crippen LogP contribution in [0.15, 0.2) is 35.3 Å². The van der Waals surface area contributed by atoms with Crippen molar-refractivity contribution in [2.24, 2.45) is 4.99 Å². The highest BCUT2D eigenvalue weighted by Gasteiger charge is 2.48. The van der Waals surface area contributed by atoms with Crippen molar-refractivity contribution >= 4 is 25.1 Å². The van der Waals surface area contributed by atoms with Gasteiger partial charge in [0.1, 0.15) is 5.84 Å². The van der Waals surface area contributed by atoms with E-state index in [0.29, 0.717) is 18.7 Å². The molecule has 7 nitrogen and oxygen atoms in total. The highest BCUT2D eigenvalue weighted by atomic mass is 31.2. The number of carbonyl (C=O) groups excluding carboxylic acids is 2. The molecule has 1 aromatic rings. The van der Waals surface area contributed by atoms with E-state index in [1.54, 1.807) is 62.9 Å². The Morgan fingerprint density at radius 2 is 1.48 bits per heavy atom. The molecule has 0 radical (unpaired) electrons. The molecular formula is C21H33N2O5P. The minimum atomic E-state index is -4.03. The molecule has 0 N–H and O–H groups in total. The van der Waals surface area contributed by atoms with Gasteiger partial charge < -0.3 is 13.9 Å². The summed E-state index contributed by atoms with van der Waals surface area (Å²) in [5.41, 5.74) is -1.00. The second-order valence-electron chi connectivity index (χ2n) is 7.14. The largest absolute Gasteiger partial charge is 0.359 e. The zero-order chi connectivity index (χ0) is 22.2. The normalized spacial score (nSPS) is 13.6. The van der Waals surface area contributed by atoms with Gasteiger partial charge in [-0.3, -0.25) is 14.2 Å². The molecule has 0 saturated heterocycles. The molecule has 1 unspecified atom stereocenters. The van der Waals surface area contributed by atoms with Gasteiger partial charge in [0, 0.05) is 25.6 Å². The molecule has 1 rings (SSSR count). The fourth-order valence-corrected chi connectivity index (χ4v) is 5.32. The van der Waals surface area contributed by atoms with Crippen LogP contribution in [-0.4, -0.2) is 53.4 Å². The Hall–Kier alpha value is -1.82. The first-order valence-electron chi connectivity index (χ1n) is 9.95. The molecular weight excluding hydrogens is 391 g/mol. The van der Waals surface area contributed by atoms with Gasteiger partial charge in [-0.05, 0) is 41.5 Å². The second kappa shape index (κ2) is 11.4. The van der Waals surface area contributed by atoms with Gasteiger partial charge in [-0.15, -0.1) is 0 Å². The van der Waals surface area contributed by atoms with E-state index in [1.165, 1.54) is 6.92 Å². The number of ketones is 1. The average molecular weight is 424 g/mol. The van der Waals surface area contributed by atoms with Crippen LogP contribution in [0.2, 0.25) is 0 Å². The monoisotopic (exact) mass is 424 g/mol. The Morgan fingerprint density at radius 3 is 1.86 bits per heavy atom. The summed E-state index contributed by atoms with van der Waals surface area (Å²) in [5, 5.41) is 0. The number of rotatable bonds is 10. The van der Waals surface area contributed by atoms with E-state index in [-0.39, 0.29) is 5.84 Å². The average Bonchev–Trinajstić information content (AvgIpc) is 2.61. The molecule has 162 valence electrons. The Kier molecular flexibility index (Phi) is 9.90. The molecule has 0 aliphatic heterocycles. The maximum absolute atomic E-state index is 14.0. The summed E-state index contributed by atoms with van der Waals surface area (Å²) in [6.07, 6.45) is -0.915. The van der Waals surface area contributed by atoms with Crippen molar-refractivity contribution in [3.63, 3.8) is 0 Å². The van der Waals surface area contributed by atoms with Crippen molar-refractivity contribution in [2.45, 2.75) is 66.3 Å². The zero-order valence-electron chi connectivity index (χ0n) is 18.4. The van der Waals surface area contributed by atoms with Crippen LogP contribution < -0.4 is 0 Å². The third-order valence-electron chi connectivity index (χ3n) is 3.94. The van der Waals surface area contributed by atoms with Gasteiger partial charge in [0.05, 0.1) is 12.2 Å². The summed E-state index contributed by atoms with van der Waals surface area (Å²) in [6, 6.07) is 8.51. The lowest BCUT2D eigenvalue weighted by atomic mass is 10.1. The Labute approximate surface area is 174 Å². The van der Waals surface area contributed by atoms with Crippen molar-refractivity contribution in [3.05, 3.63) is 35.9 Å². The van der Waals surface area contributed by atoms with Gasteiger partial charge in [-0.25, -0.2) is 0 Å². The first-order chi connectivity index (χ1) is 13.6. The summed E-state index contributed by atoms with van der Waals surface area (Å²) in [7, 11) is -4.03. The van der Waals surface area contributed by atoms with E-state index in [1.807, 2.05) is 13.8 Å². The van der Waals surface area contributed by atoms with E-state index in [4.69, 9.17) is 9.05 Å². The van der Waals surface area contributed by atoms with Gasteiger partial charge in [-0.2, -0.15) is 4.99 Å². The first-order valence-corrected chi connectivity index (χ1v) is 11.6. The van der Waals surface area contributed by atoms with Crippen LogP contribution >= 0.6 is 7.60 Å². The van der Waals surface area contributed by atoms with E-state index in [9.17, 15) is 14.2 Å². The predicted molar refractivity (Wildman–Crippen MR) is 116 cm³/mol. The Morgan fingerprint density at radius 1 is 1.00 bits per heavy atom. The molecule has 0 fully saturated rings. The molecule has 0 aliphatic carbocycles. The lowest BCUT2D eigenvalue weighted by molar-refractivity contribution is -0.115. The summed E-state index contributed by atoms with van der Waals surface area (Å²) in [5.74, 6) is -0.832. The number of hydrogen-bond donors (Lipinski definition) is 0. The number of carbonyl (C=O) groups is 2. The quantitative estimate of drug-likeness (QED) is 0.237. The maximum atomic E-state index is 14.0. The van der Waals surface area contributed by atoms with Crippen LogP contribution in [0.5, 0.6) is 0 Å². The second-order valence-corrected chi connectivity index (χ2v) is 9.16. The van der Waals surface area contributed by atoms with Gasteiger partial charge in [0.2, 0.25) is 5.91 Å². The molecule has 0 spiro atoms. The number of aliphatic imine (C=N–C) groups is 1. The summed E-state index contributed by atoms with van der Waals surface area (Å²) in [4.78, 5) is 31.3. The third-order valence-corrected chi connectivity index (χ3v) is 6.47. The van der Waals surface area contributed by atoms with Crippen molar-refractivity contribution in [2.75, 3.05) is 13.1 Å². The highest BCUT2D eigenvalue weighted by Crippen LogP contribution is 2.56. The lowest BCUT2D eigenvalue weighted by Crippen LogP contribution is -2.44. The number of benzene rings is 1. The fourth-order valence-electron chi connectivity index (χ4n) is 2.91. The number of amides is 1. The van der Waals surface area contributed by atoms with Crippen LogP contribution in [0, 0.1) is 0 Å². The van der Waals surface area contributed by atoms with Gasteiger partial charge in [0.15, 0.2) is 11.4 Å². The molecule has 0 saturated carbocycles. The van der Waals surface area contributed by atoms with E-state index in [0.717, 1.165) is 0 Å². The molecule has 0 aliphatic rings. The van der Waals surface area contributed by atoms with Crippen molar-refractivity contribution in [1.82, 2.24) is 4.90 Å². The molecule has 0 bridgehead atoms. The predicted octanol–water partition coefficient (Wildman–Crippen LogP) is 4.57. The molecule has 1 amide bonds. The SMILES string of the molecule is CCN(CC)C(=NC(C)=O)C(C(=O)c1ccccc1)P(=O)(OC(C)C)OC(C)C. The summed E-state index contributed by atoms with van der Waals surface area (Å²) >= 11 is 0. The number of nitrogens with zero attached hydrogens (tertiary/aromatic N) is 2. The maximum Gasteiger partial charge on any atom is 0.349 e. The third kappa shape index (κ3) is 7.18. The van der Waals surface area contributed by atoms with Crippen LogP contribution in [0.25, 0.3) is 0 Å². The minimum Gasteiger partial charge on any atom is -0.359 e. The summed E-state index contributed by atoms with van der Waals surface area (Å²) in [6.45, 7) is 12.9.